The van der Waals surface area contributed by atoms with Gasteiger partial charge in [0.1, 0.15) is 17.7 Å². The number of hydrogen-bond donors (Lipinski definition) is 2. The van der Waals surface area contributed by atoms with Crippen molar-refractivity contribution in [1.29, 1.82) is 0 Å². The van der Waals surface area contributed by atoms with Crippen molar-refractivity contribution >= 4 is 11.5 Å². The Morgan fingerprint density at radius 2 is 1.95 bits per heavy atom. The summed E-state index contributed by atoms with van der Waals surface area (Å²) in [5.74, 6) is 1.50. The number of piperidine rings is 1. The number of fused-ring (bicyclic) bond motifs is 1. The van der Waals surface area contributed by atoms with Gasteiger partial charge in [-0.15, -0.1) is 0 Å². The van der Waals surface area contributed by atoms with Crippen molar-refractivity contribution in [3.8, 4) is 17.1 Å². The number of nitrogens with zero attached hydrogens (tertiary/aromatic N) is 4. The maximum atomic E-state index is 13.7. The zero-order valence-electron chi connectivity index (χ0n) is 22.0. The Morgan fingerprint density at radius 1 is 1.15 bits per heavy atom. The molecule has 1 unspecified atom stereocenters. The average Bonchev–Trinajstić information content (AvgIpc) is 3.56. The molecule has 2 aromatic carbocycles. The van der Waals surface area contributed by atoms with E-state index in [1.54, 1.807) is 18.5 Å². The molecule has 2 aliphatic rings. The van der Waals surface area contributed by atoms with Gasteiger partial charge in [0.2, 0.25) is 0 Å². The number of likely N-dealkylation sites (tertiary alicyclic amines) is 1. The fourth-order valence-electron chi connectivity index (χ4n) is 5.62. The van der Waals surface area contributed by atoms with Crippen LogP contribution in [0.3, 0.4) is 0 Å². The van der Waals surface area contributed by atoms with E-state index >= 15 is 0 Å². The number of carbonyl (C=O) groups is 1. The number of nitrogens with one attached hydrogen (secondary N) is 2. The third kappa shape index (κ3) is 5.02. The molecular weight excluding hydrogens is 495 g/mol. The number of ether oxygens (including phenoxy) is 1. The summed E-state index contributed by atoms with van der Waals surface area (Å²) in [6.07, 6.45) is 5.21. The maximum Gasteiger partial charge on any atom is 0.181 e. The summed E-state index contributed by atoms with van der Waals surface area (Å²) in [7, 11) is 2.12. The molecule has 0 spiro atoms. The zero-order chi connectivity index (χ0) is 27.0. The number of carbonyl (C=O) groups excluding carboxylic acids is 1. The van der Waals surface area contributed by atoms with Crippen LogP contribution in [0.5, 0.6) is 5.75 Å². The molecule has 39 heavy (non-hydrogen) atoms. The van der Waals surface area contributed by atoms with Gasteiger partial charge in [-0.25, -0.2) is 9.37 Å². The van der Waals surface area contributed by atoms with Crippen LogP contribution < -0.4 is 10.1 Å². The number of H-pyrrole nitrogens is 1. The minimum absolute atomic E-state index is 0.0216. The Bertz CT molecular complexity index is 1480. The van der Waals surface area contributed by atoms with Crippen molar-refractivity contribution in [3.05, 3.63) is 89.8 Å². The molecule has 0 saturated carbocycles. The molecular formula is C30H31FN6O2. The van der Waals surface area contributed by atoms with E-state index in [0.29, 0.717) is 17.1 Å². The van der Waals surface area contributed by atoms with Crippen LogP contribution in [-0.4, -0.2) is 57.1 Å². The summed E-state index contributed by atoms with van der Waals surface area (Å²) in [5, 5.41) is 11.4. The number of aromatic amines is 1. The van der Waals surface area contributed by atoms with Gasteiger partial charge >= 0.3 is 0 Å². The topological polar surface area (TPSA) is 96.0 Å². The van der Waals surface area contributed by atoms with Gasteiger partial charge in [-0.2, -0.15) is 5.10 Å². The van der Waals surface area contributed by atoms with Gasteiger partial charge in [0.05, 0.1) is 5.54 Å². The quantitative estimate of drug-likeness (QED) is 0.321. The van der Waals surface area contributed by atoms with Crippen LogP contribution >= 0.6 is 0 Å². The molecule has 4 heterocycles. The Kier molecular flexibility index (Phi) is 6.60. The lowest BCUT2D eigenvalue weighted by Crippen LogP contribution is -2.46. The van der Waals surface area contributed by atoms with Gasteiger partial charge in [-0.3, -0.25) is 14.9 Å². The minimum Gasteiger partial charge on any atom is -0.490 e. The number of hydrogen-bond acceptors (Lipinski definition) is 7. The fourth-order valence-corrected chi connectivity index (χ4v) is 5.62. The SMILES string of the molecule is CC1Oc2cc(F)ccc2[C@H]1CC(=O)c1cccc(NC2(c3nc(-c4ccncc4)n[nH]3)CCN(C)CC2)c1. The second kappa shape index (κ2) is 10.2. The molecule has 6 rings (SSSR count). The number of Topliss-reactive ketones (excluding diaryl/α,β-unsaturated/α-hetero) is 1. The molecule has 200 valence electrons. The molecule has 0 aliphatic carbocycles. The summed E-state index contributed by atoms with van der Waals surface area (Å²) in [5.41, 5.74) is 2.81. The second-order valence-electron chi connectivity index (χ2n) is 10.6. The van der Waals surface area contributed by atoms with E-state index in [9.17, 15) is 9.18 Å². The van der Waals surface area contributed by atoms with Gasteiger partial charge in [-0.05, 0) is 57.1 Å². The molecule has 0 radical (unpaired) electrons. The monoisotopic (exact) mass is 526 g/mol. The molecule has 0 amide bonds. The standard InChI is InChI=1S/C30H31FN6O2/c1-19-25(24-7-6-22(31)17-27(24)39-19)18-26(38)21-4-3-5-23(16-21)34-30(10-14-37(2)15-11-30)29-33-28(35-36-29)20-8-12-32-13-9-20/h3-9,12-13,16-17,19,25,34H,10-11,14-15,18H2,1-2H3,(H,33,35,36)/t19?,25-/m0/s1. The molecule has 1 fully saturated rings. The largest absolute Gasteiger partial charge is 0.490 e. The van der Waals surface area contributed by atoms with Crippen LogP contribution in [0.2, 0.25) is 0 Å². The summed E-state index contributed by atoms with van der Waals surface area (Å²) >= 11 is 0. The van der Waals surface area contributed by atoms with Crippen LogP contribution in [0.1, 0.15) is 53.8 Å². The minimum atomic E-state index is -0.455. The van der Waals surface area contributed by atoms with Crippen LogP contribution in [-0.2, 0) is 5.54 Å². The number of anilines is 1. The Labute approximate surface area is 226 Å². The Morgan fingerprint density at radius 3 is 2.74 bits per heavy atom. The molecule has 0 bridgehead atoms. The Hall–Kier alpha value is -4.11. The van der Waals surface area contributed by atoms with E-state index in [0.717, 1.165) is 48.6 Å². The summed E-state index contributed by atoms with van der Waals surface area (Å²) in [6, 6.07) is 16.0. The number of aromatic nitrogens is 4. The molecule has 9 heteroatoms. The maximum absolute atomic E-state index is 13.7. The van der Waals surface area contributed by atoms with Crippen molar-refractivity contribution in [3.63, 3.8) is 0 Å². The third-order valence-electron chi connectivity index (χ3n) is 7.95. The highest BCUT2D eigenvalue weighted by Gasteiger charge is 2.39. The Balaban J connectivity index is 1.24. The van der Waals surface area contributed by atoms with Gasteiger partial charge in [0.25, 0.3) is 0 Å². The predicted octanol–water partition coefficient (Wildman–Crippen LogP) is 5.18. The van der Waals surface area contributed by atoms with Crippen molar-refractivity contribution in [2.24, 2.45) is 0 Å². The lowest BCUT2D eigenvalue weighted by Gasteiger charge is -2.40. The molecule has 2 atom stereocenters. The van der Waals surface area contributed by atoms with Crippen LogP contribution in [0.4, 0.5) is 10.1 Å². The van der Waals surface area contributed by atoms with Crippen LogP contribution in [0.25, 0.3) is 11.4 Å². The first-order valence-corrected chi connectivity index (χ1v) is 13.3. The molecule has 8 nitrogen and oxygen atoms in total. The lowest BCUT2D eigenvalue weighted by molar-refractivity contribution is 0.0955. The average molecular weight is 527 g/mol. The van der Waals surface area contributed by atoms with Crippen LogP contribution in [0.15, 0.2) is 67.0 Å². The van der Waals surface area contributed by atoms with Crippen molar-refractivity contribution in [1.82, 2.24) is 25.1 Å². The van der Waals surface area contributed by atoms with Gasteiger partial charge in [-0.1, -0.05) is 18.2 Å². The summed E-state index contributed by atoms with van der Waals surface area (Å²) in [6.45, 7) is 3.72. The van der Waals surface area contributed by atoms with E-state index in [-0.39, 0.29) is 30.0 Å². The normalized spacial score (nSPS) is 20.3. The highest BCUT2D eigenvalue weighted by atomic mass is 19.1. The van der Waals surface area contributed by atoms with Crippen molar-refractivity contribution in [2.45, 2.75) is 43.7 Å². The van der Waals surface area contributed by atoms with E-state index in [4.69, 9.17) is 9.72 Å². The molecule has 2 aliphatic heterocycles. The van der Waals surface area contributed by atoms with Crippen molar-refractivity contribution in [2.75, 3.05) is 25.5 Å². The van der Waals surface area contributed by atoms with Gasteiger partial charge in [0.15, 0.2) is 17.4 Å². The number of ketones is 1. The van der Waals surface area contributed by atoms with E-state index in [1.165, 1.54) is 12.1 Å². The highest BCUT2D eigenvalue weighted by molar-refractivity contribution is 5.97. The summed E-state index contributed by atoms with van der Waals surface area (Å²) in [4.78, 5) is 24.7. The first-order valence-electron chi connectivity index (χ1n) is 13.3. The molecule has 4 aromatic rings. The van der Waals surface area contributed by atoms with Crippen molar-refractivity contribution < 1.29 is 13.9 Å². The number of halogens is 1. The zero-order valence-corrected chi connectivity index (χ0v) is 22.0. The first-order chi connectivity index (χ1) is 18.9. The van der Waals surface area contributed by atoms with Gasteiger partial charge < -0.3 is 15.0 Å². The second-order valence-corrected chi connectivity index (χ2v) is 10.6. The molecule has 2 N–H and O–H groups in total. The third-order valence-corrected chi connectivity index (χ3v) is 7.95. The van der Waals surface area contributed by atoms with Crippen LogP contribution in [0, 0.1) is 5.82 Å². The molecule has 2 aromatic heterocycles. The first kappa shape index (κ1) is 25.2. The van der Waals surface area contributed by atoms with Gasteiger partial charge in [0, 0.05) is 66.3 Å². The highest BCUT2D eigenvalue weighted by Crippen LogP contribution is 2.41. The lowest BCUT2D eigenvalue weighted by atomic mass is 9.86. The van der Waals surface area contributed by atoms with E-state index in [2.05, 4.69) is 32.4 Å². The predicted molar refractivity (Wildman–Crippen MR) is 146 cm³/mol. The van der Waals surface area contributed by atoms with E-state index in [1.807, 2.05) is 43.3 Å². The summed E-state index contributed by atoms with van der Waals surface area (Å²) < 4.78 is 19.5. The molecule has 1 saturated heterocycles. The number of pyridine rings is 1. The smallest absolute Gasteiger partial charge is 0.181 e. The number of benzene rings is 2. The van der Waals surface area contributed by atoms with E-state index < -0.39 is 5.54 Å². The number of rotatable bonds is 7. The fraction of sp³-hybridized carbons (Fsp3) is 0.333.